The highest BCUT2D eigenvalue weighted by Crippen LogP contribution is 2.33. The van der Waals surface area contributed by atoms with Crippen molar-refractivity contribution in [3.05, 3.63) is 30.1 Å². The van der Waals surface area contributed by atoms with Gasteiger partial charge in [0.1, 0.15) is 5.82 Å². The zero-order valence-electron chi connectivity index (χ0n) is 13.1. The van der Waals surface area contributed by atoms with Crippen LogP contribution >= 0.6 is 12.4 Å². The van der Waals surface area contributed by atoms with Crippen LogP contribution < -0.4 is 5.32 Å². The third-order valence-electron chi connectivity index (χ3n) is 4.20. The second-order valence-corrected chi connectivity index (χ2v) is 5.48. The summed E-state index contributed by atoms with van der Waals surface area (Å²) in [6.45, 7) is 4.23. The fraction of sp³-hybridized carbons (Fsp3) is 0.500. The summed E-state index contributed by atoms with van der Waals surface area (Å²) in [5.74, 6) is 1.19. The lowest BCUT2D eigenvalue weighted by atomic mass is 10.2. The van der Waals surface area contributed by atoms with E-state index in [-0.39, 0.29) is 24.4 Å². The van der Waals surface area contributed by atoms with Crippen molar-refractivity contribution in [1.29, 1.82) is 0 Å². The van der Waals surface area contributed by atoms with Crippen LogP contribution in [0.4, 0.5) is 0 Å². The summed E-state index contributed by atoms with van der Waals surface area (Å²) in [5, 5.41) is 2.95. The molecule has 1 amide bonds. The number of nitrogens with zero attached hydrogens (tertiary/aromatic N) is 3. The highest BCUT2D eigenvalue weighted by molar-refractivity contribution is 5.85. The Morgan fingerprint density at radius 2 is 2.18 bits per heavy atom. The predicted octanol–water partition coefficient (Wildman–Crippen LogP) is 2.36. The van der Waals surface area contributed by atoms with Crippen molar-refractivity contribution < 1.29 is 4.79 Å². The molecule has 1 unspecified atom stereocenters. The quantitative estimate of drug-likeness (QED) is 0.940. The van der Waals surface area contributed by atoms with E-state index in [2.05, 4.69) is 22.9 Å². The zero-order valence-corrected chi connectivity index (χ0v) is 13.9. The summed E-state index contributed by atoms with van der Waals surface area (Å²) in [5.41, 5.74) is 2.17. The van der Waals surface area contributed by atoms with E-state index < -0.39 is 0 Å². The monoisotopic (exact) mass is 322 g/mol. The first-order valence-electron chi connectivity index (χ1n) is 7.65. The third kappa shape index (κ3) is 2.83. The normalized spacial score (nSPS) is 17.7. The highest BCUT2D eigenvalue weighted by atomic mass is 35.5. The van der Waals surface area contributed by atoms with Gasteiger partial charge in [-0.1, -0.05) is 12.1 Å². The Balaban J connectivity index is 0.00000176. The molecule has 1 aromatic heterocycles. The standard InChI is InChI=1S/C16H22N4O.ClH/c1-3-19-13-8-5-4-7-12(13)18-16(19)14-9-6-10-20(14)15(21)11-17-2;/h4-5,7-8,14,17H,3,6,9-11H2,1-2H3;1H. The van der Waals surface area contributed by atoms with E-state index in [9.17, 15) is 4.79 Å². The Morgan fingerprint density at radius 3 is 2.91 bits per heavy atom. The summed E-state index contributed by atoms with van der Waals surface area (Å²) in [6.07, 6.45) is 2.05. The first-order valence-corrected chi connectivity index (χ1v) is 7.65. The van der Waals surface area contributed by atoms with Crippen LogP contribution in [0, 0.1) is 0 Å². The van der Waals surface area contributed by atoms with Crippen LogP contribution in [0.25, 0.3) is 11.0 Å². The third-order valence-corrected chi connectivity index (χ3v) is 4.20. The number of hydrogen-bond acceptors (Lipinski definition) is 3. The molecule has 2 aromatic rings. The van der Waals surface area contributed by atoms with E-state index >= 15 is 0 Å². The number of hydrogen-bond donors (Lipinski definition) is 1. The van der Waals surface area contributed by atoms with Gasteiger partial charge < -0.3 is 14.8 Å². The number of aryl methyl sites for hydroxylation is 1. The molecule has 6 heteroatoms. The SMILES string of the molecule is CCn1c(C2CCCN2C(=O)CNC)nc2ccccc21.Cl. The van der Waals surface area contributed by atoms with Crippen molar-refractivity contribution in [2.45, 2.75) is 32.4 Å². The van der Waals surface area contributed by atoms with Crippen LogP contribution in [0.3, 0.4) is 0 Å². The van der Waals surface area contributed by atoms with E-state index in [0.29, 0.717) is 6.54 Å². The number of likely N-dealkylation sites (tertiary alicyclic amines) is 1. The molecule has 0 saturated carbocycles. The molecule has 22 heavy (non-hydrogen) atoms. The number of imidazole rings is 1. The van der Waals surface area contributed by atoms with Gasteiger partial charge in [-0.25, -0.2) is 4.98 Å². The van der Waals surface area contributed by atoms with Crippen LogP contribution in [0.15, 0.2) is 24.3 Å². The van der Waals surface area contributed by atoms with Gasteiger partial charge in [-0.05, 0) is 38.9 Å². The van der Waals surface area contributed by atoms with Crippen LogP contribution in [0.5, 0.6) is 0 Å². The number of benzene rings is 1. The number of likely N-dealkylation sites (N-methyl/N-ethyl adjacent to an activating group) is 1. The van der Waals surface area contributed by atoms with Gasteiger partial charge in [0.15, 0.2) is 0 Å². The van der Waals surface area contributed by atoms with Crippen molar-refractivity contribution in [3.8, 4) is 0 Å². The molecule has 0 bridgehead atoms. The molecule has 0 spiro atoms. The Labute approximate surface area is 137 Å². The number of halogens is 1. The number of para-hydroxylation sites is 2. The predicted molar refractivity (Wildman–Crippen MR) is 90.3 cm³/mol. The maximum absolute atomic E-state index is 12.3. The van der Waals surface area contributed by atoms with Crippen molar-refractivity contribution in [3.63, 3.8) is 0 Å². The van der Waals surface area contributed by atoms with E-state index in [0.717, 1.165) is 42.8 Å². The van der Waals surface area contributed by atoms with Gasteiger partial charge in [-0.15, -0.1) is 12.4 Å². The van der Waals surface area contributed by atoms with Crippen LogP contribution in [0.2, 0.25) is 0 Å². The molecule has 1 aliphatic rings. The van der Waals surface area contributed by atoms with E-state index in [1.807, 2.05) is 30.1 Å². The number of fused-ring (bicyclic) bond motifs is 1. The molecule has 1 atom stereocenters. The van der Waals surface area contributed by atoms with Gasteiger partial charge in [-0.3, -0.25) is 4.79 Å². The summed E-state index contributed by atoms with van der Waals surface area (Å²) >= 11 is 0. The molecule has 1 aromatic carbocycles. The molecule has 1 aliphatic heterocycles. The maximum atomic E-state index is 12.3. The smallest absolute Gasteiger partial charge is 0.237 e. The molecule has 3 rings (SSSR count). The molecular weight excluding hydrogens is 300 g/mol. The number of rotatable bonds is 4. The lowest BCUT2D eigenvalue weighted by Crippen LogP contribution is -2.37. The van der Waals surface area contributed by atoms with E-state index in [4.69, 9.17) is 4.98 Å². The van der Waals surface area contributed by atoms with E-state index in [1.54, 1.807) is 0 Å². The molecule has 1 fully saturated rings. The molecule has 0 radical (unpaired) electrons. The molecule has 1 saturated heterocycles. The minimum absolute atomic E-state index is 0. The van der Waals surface area contributed by atoms with Gasteiger partial charge in [0.25, 0.3) is 0 Å². The van der Waals surface area contributed by atoms with Crippen molar-refractivity contribution >= 4 is 29.3 Å². The Bertz CT molecular complexity index is 655. The lowest BCUT2D eigenvalue weighted by Gasteiger charge is -2.24. The fourth-order valence-corrected chi connectivity index (χ4v) is 3.27. The lowest BCUT2D eigenvalue weighted by molar-refractivity contribution is -0.131. The molecule has 120 valence electrons. The average molecular weight is 323 g/mol. The second-order valence-electron chi connectivity index (χ2n) is 5.48. The Kier molecular flexibility index (Phi) is 5.42. The largest absolute Gasteiger partial charge is 0.331 e. The Hall–Kier alpha value is -1.59. The van der Waals surface area contributed by atoms with Crippen molar-refractivity contribution in [1.82, 2.24) is 19.8 Å². The van der Waals surface area contributed by atoms with Gasteiger partial charge in [-0.2, -0.15) is 0 Å². The number of carbonyl (C=O) groups excluding carboxylic acids is 1. The van der Waals surface area contributed by atoms with Crippen molar-refractivity contribution in [2.24, 2.45) is 0 Å². The first-order chi connectivity index (χ1) is 10.3. The summed E-state index contributed by atoms with van der Waals surface area (Å²) in [4.78, 5) is 19.1. The van der Waals surface area contributed by atoms with Crippen LogP contribution in [-0.4, -0.2) is 40.5 Å². The summed E-state index contributed by atoms with van der Waals surface area (Å²) in [6, 6.07) is 8.30. The fourth-order valence-electron chi connectivity index (χ4n) is 3.27. The molecule has 5 nitrogen and oxygen atoms in total. The second kappa shape index (κ2) is 7.11. The minimum atomic E-state index is 0. The number of aromatic nitrogens is 2. The van der Waals surface area contributed by atoms with Gasteiger partial charge >= 0.3 is 0 Å². The zero-order chi connectivity index (χ0) is 14.8. The highest BCUT2D eigenvalue weighted by Gasteiger charge is 2.32. The molecular formula is C16H23ClN4O. The van der Waals surface area contributed by atoms with Crippen LogP contribution in [0.1, 0.15) is 31.6 Å². The molecule has 2 heterocycles. The number of nitrogens with one attached hydrogen (secondary N) is 1. The first kappa shape index (κ1) is 16.8. The average Bonchev–Trinajstić information content (AvgIpc) is 3.11. The number of amides is 1. The molecule has 1 N–H and O–H groups in total. The number of carbonyl (C=O) groups is 1. The van der Waals surface area contributed by atoms with Crippen LogP contribution in [-0.2, 0) is 11.3 Å². The van der Waals surface area contributed by atoms with Gasteiger partial charge in [0.05, 0.1) is 23.6 Å². The van der Waals surface area contributed by atoms with E-state index in [1.165, 1.54) is 0 Å². The Morgan fingerprint density at radius 1 is 1.41 bits per heavy atom. The minimum Gasteiger partial charge on any atom is -0.331 e. The summed E-state index contributed by atoms with van der Waals surface area (Å²) < 4.78 is 2.24. The van der Waals surface area contributed by atoms with Crippen molar-refractivity contribution in [2.75, 3.05) is 20.1 Å². The molecule has 0 aliphatic carbocycles. The topological polar surface area (TPSA) is 50.2 Å². The summed E-state index contributed by atoms with van der Waals surface area (Å²) in [7, 11) is 1.81. The van der Waals surface area contributed by atoms with Gasteiger partial charge in [0.2, 0.25) is 5.91 Å². The maximum Gasteiger partial charge on any atom is 0.237 e. The van der Waals surface area contributed by atoms with Gasteiger partial charge in [0, 0.05) is 13.1 Å².